The molecule has 0 heterocycles. The number of aliphatic imine (C=N–C) groups is 2. The van der Waals surface area contributed by atoms with Gasteiger partial charge in [-0.15, -0.1) is 0 Å². The Kier molecular flexibility index (Phi) is 13.6. The number of benzene rings is 4. The zero-order chi connectivity index (χ0) is 32.4. The number of ether oxygens (including phenoxy) is 4. The first-order valence-electron chi connectivity index (χ1n) is 15.6. The summed E-state index contributed by atoms with van der Waals surface area (Å²) in [5.74, 6) is 1.58. The minimum Gasteiger partial charge on any atom is -0.494 e. The molecule has 0 aliphatic carbocycles. The van der Waals surface area contributed by atoms with Crippen LogP contribution in [0.1, 0.15) is 71.4 Å². The molecule has 0 saturated carbocycles. The van der Waals surface area contributed by atoms with Gasteiger partial charge < -0.3 is 18.9 Å². The van der Waals surface area contributed by atoms with Crippen molar-refractivity contribution in [3.63, 3.8) is 0 Å². The SMILES string of the molecule is CCCOc1ccc(C(=O)Oc2ccc(C=NCCCCN=Cc3ccc(OC(=O)c4ccc(OCCC)cc4)cc3)cc2)cc1. The predicted molar refractivity (Wildman–Crippen MR) is 181 cm³/mol. The minimum absolute atomic E-state index is 0.417. The van der Waals surface area contributed by atoms with Gasteiger partial charge in [0.1, 0.15) is 23.0 Å². The van der Waals surface area contributed by atoms with Gasteiger partial charge in [0.05, 0.1) is 24.3 Å². The van der Waals surface area contributed by atoms with E-state index in [1.165, 1.54) is 0 Å². The van der Waals surface area contributed by atoms with Crippen molar-refractivity contribution in [1.82, 2.24) is 0 Å². The second-order valence-electron chi connectivity index (χ2n) is 10.4. The van der Waals surface area contributed by atoms with Crippen LogP contribution in [0, 0.1) is 0 Å². The molecule has 8 heteroatoms. The predicted octanol–water partition coefficient (Wildman–Crippen LogP) is 8.02. The van der Waals surface area contributed by atoms with Crippen LogP contribution in [0.4, 0.5) is 0 Å². The highest BCUT2D eigenvalue weighted by Crippen LogP contribution is 2.18. The third-order valence-corrected chi connectivity index (χ3v) is 6.61. The molecule has 8 nitrogen and oxygen atoms in total. The van der Waals surface area contributed by atoms with Crippen LogP contribution in [-0.4, -0.2) is 50.7 Å². The molecule has 4 aromatic carbocycles. The lowest BCUT2D eigenvalue weighted by atomic mass is 10.2. The topological polar surface area (TPSA) is 95.8 Å². The summed E-state index contributed by atoms with van der Waals surface area (Å²) in [4.78, 5) is 33.8. The van der Waals surface area contributed by atoms with Crippen molar-refractivity contribution in [1.29, 1.82) is 0 Å². The number of carbonyl (C=O) groups excluding carboxylic acids is 2. The molecule has 4 rings (SSSR count). The van der Waals surface area contributed by atoms with Gasteiger partial charge in [-0.3, -0.25) is 9.98 Å². The number of nitrogens with zero attached hydrogens (tertiary/aromatic N) is 2. The molecule has 0 bridgehead atoms. The van der Waals surface area contributed by atoms with E-state index in [2.05, 4.69) is 9.98 Å². The Balaban J connectivity index is 1.11. The Hall–Kier alpha value is -5.24. The normalized spacial score (nSPS) is 11.1. The van der Waals surface area contributed by atoms with Crippen LogP contribution < -0.4 is 18.9 Å². The third-order valence-electron chi connectivity index (χ3n) is 6.61. The lowest BCUT2D eigenvalue weighted by Gasteiger charge is -2.07. The average molecular weight is 621 g/mol. The van der Waals surface area contributed by atoms with Crippen LogP contribution in [0.15, 0.2) is 107 Å². The van der Waals surface area contributed by atoms with Crippen LogP contribution in [-0.2, 0) is 0 Å². The second-order valence-corrected chi connectivity index (χ2v) is 10.4. The van der Waals surface area contributed by atoms with E-state index >= 15 is 0 Å². The molecule has 0 aliphatic heterocycles. The Labute approximate surface area is 270 Å². The van der Waals surface area contributed by atoms with Crippen LogP contribution in [0.25, 0.3) is 0 Å². The quantitative estimate of drug-likeness (QED) is 0.0513. The van der Waals surface area contributed by atoms with E-state index in [4.69, 9.17) is 18.9 Å². The highest BCUT2D eigenvalue weighted by molar-refractivity contribution is 5.92. The monoisotopic (exact) mass is 620 g/mol. The van der Waals surface area contributed by atoms with Crippen molar-refractivity contribution >= 4 is 24.4 Å². The first kappa shape index (κ1) is 33.6. The van der Waals surface area contributed by atoms with E-state index in [0.717, 1.165) is 48.3 Å². The van der Waals surface area contributed by atoms with Gasteiger partial charge in [0, 0.05) is 25.5 Å². The zero-order valence-corrected chi connectivity index (χ0v) is 26.4. The van der Waals surface area contributed by atoms with Gasteiger partial charge in [-0.1, -0.05) is 13.8 Å². The van der Waals surface area contributed by atoms with Crippen LogP contribution >= 0.6 is 0 Å². The number of unbranched alkanes of at least 4 members (excludes halogenated alkanes) is 1. The molecule has 0 radical (unpaired) electrons. The minimum atomic E-state index is -0.417. The lowest BCUT2D eigenvalue weighted by Crippen LogP contribution is -2.08. The number of hydrogen-bond donors (Lipinski definition) is 0. The Morgan fingerprint density at radius 3 is 1.22 bits per heavy atom. The first-order chi connectivity index (χ1) is 22.5. The van der Waals surface area contributed by atoms with Crippen molar-refractivity contribution < 1.29 is 28.5 Å². The summed E-state index contributed by atoms with van der Waals surface area (Å²) < 4.78 is 22.1. The van der Waals surface area contributed by atoms with Gasteiger partial charge in [0.25, 0.3) is 0 Å². The fourth-order valence-electron chi connectivity index (χ4n) is 4.14. The van der Waals surface area contributed by atoms with E-state index in [1.807, 2.05) is 50.5 Å². The summed E-state index contributed by atoms with van der Waals surface area (Å²) in [6.07, 6.45) is 7.30. The maximum absolute atomic E-state index is 12.4. The van der Waals surface area contributed by atoms with Gasteiger partial charge in [-0.2, -0.15) is 0 Å². The molecule has 0 fully saturated rings. The van der Waals surface area contributed by atoms with E-state index in [9.17, 15) is 9.59 Å². The van der Waals surface area contributed by atoms with Crippen LogP contribution in [0.3, 0.4) is 0 Å². The summed E-state index contributed by atoms with van der Waals surface area (Å²) in [6.45, 7) is 6.75. The number of rotatable bonds is 17. The molecule has 46 heavy (non-hydrogen) atoms. The molecule has 4 aromatic rings. The molecular formula is C38H40N2O6. The summed E-state index contributed by atoms with van der Waals surface area (Å²) >= 11 is 0. The van der Waals surface area contributed by atoms with E-state index in [-0.39, 0.29) is 0 Å². The largest absolute Gasteiger partial charge is 0.494 e. The molecule has 0 amide bonds. The van der Waals surface area contributed by atoms with Crippen molar-refractivity contribution in [2.24, 2.45) is 9.98 Å². The van der Waals surface area contributed by atoms with Gasteiger partial charge in [0.15, 0.2) is 0 Å². The number of hydrogen-bond acceptors (Lipinski definition) is 8. The fourth-order valence-corrected chi connectivity index (χ4v) is 4.14. The molecule has 0 aliphatic rings. The van der Waals surface area contributed by atoms with Gasteiger partial charge >= 0.3 is 11.9 Å². The lowest BCUT2D eigenvalue weighted by molar-refractivity contribution is 0.0725. The van der Waals surface area contributed by atoms with Crippen molar-refractivity contribution in [3.8, 4) is 23.0 Å². The molecule has 238 valence electrons. The summed E-state index contributed by atoms with van der Waals surface area (Å²) in [5.41, 5.74) is 2.79. The zero-order valence-electron chi connectivity index (χ0n) is 26.4. The molecular weight excluding hydrogens is 580 g/mol. The smallest absolute Gasteiger partial charge is 0.343 e. The van der Waals surface area contributed by atoms with E-state index in [0.29, 0.717) is 48.9 Å². The molecule has 0 saturated heterocycles. The van der Waals surface area contributed by atoms with Crippen molar-refractivity contribution in [2.75, 3.05) is 26.3 Å². The third kappa shape index (κ3) is 11.4. The average Bonchev–Trinajstić information content (AvgIpc) is 3.09. The molecule has 0 unspecified atom stereocenters. The van der Waals surface area contributed by atoms with Crippen molar-refractivity contribution in [3.05, 3.63) is 119 Å². The number of carbonyl (C=O) groups is 2. The standard InChI is InChI=1S/C38H40N2O6/c1-3-25-43-33-19-11-31(12-20-33)37(41)45-35-15-7-29(8-16-35)27-39-23-5-6-24-40-28-30-9-17-36(18-10-30)46-38(42)32-13-21-34(22-14-32)44-26-4-2/h7-22,27-28H,3-6,23-26H2,1-2H3. The summed E-state index contributed by atoms with van der Waals surface area (Å²) in [6, 6.07) is 28.4. The second kappa shape index (κ2) is 18.5. The molecule has 0 atom stereocenters. The van der Waals surface area contributed by atoms with Crippen molar-refractivity contribution in [2.45, 2.75) is 39.5 Å². The molecule has 0 N–H and O–H groups in total. The first-order valence-corrected chi connectivity index (χ1v) is 15.6. The van der Waals surface area contributed by atoms with Gasteiger partial charge in [-0.25, -0.2) is 9.59 Å². The van der Waals surface area contributed by atoms with Gasteiger partial charge in [0.2, 0.25) is 0 Å². The summed E-state index contributed by atoms with van der Waals surface area (Å²) in [7, 11) is 0. The van der Waals surface area contributed by atoms with Crippen LogP contribution in [0.5, 0.6) is 23.0 Å². The molecule has 0 spiro atoms. The molecule has 0 aromatic heterocycles. The van der Waals surface area contributed by atoms with E-state index in [1.54, 1.807) is 72.8 Å². The summed E-state index contributed by atoms with van der Waals surface area (Å²) in [5, 5.41) is 0. The van der Waals surface area contributed by atoms with Crippen LogP contribution in [0.2, 0.25) is 0 Å². The Bertz CT molecular complexity index is 1440. The maximum atomic E-state index is 12.4. The highest BCUT2D eigenvalue weighted by atomic mass is 16.5. The van der Waals surface area contributed by atoms with Gasteiger partial charge in [-0.05, 0) is 134 Å². The Morgan fingerprint density at radius 2 is 0.870 bits per heavy atom. The number of esters is 2. The Morgan fingerprint density at radius 1 is 0.522 bits per heavy atom. The fraction of sp³-hybridized carbons (Fsp3) is 0.263. The maximum Gasteiger partial charge on any atom is 0.343 e. The highest BCUT2D eigenvalue weighted by Gasteiger charge is 2.10. The van der Waals surface area contributed by atoms with E-state index < -0.39 is 11.9 Å².